The van der Waals surface area contributed by atoms with Crippen LogP contribution >= 0.6 is 0 Å². The first-order valence-electron chi connectivity index (χ1n) is 6.15. The highest BCUT2D eigenvalue weighted by Crippen LogP contribution is 2.28. The Kier molecular flexibility index (Phi) is 5.78. The quantitative estimate of drug-likeness (QED) is 0.615. The zero-order chi connectivity index (χ0) is 16.1. The first-order valence-corrected chi connectivity index (χ1v) is 6.15. The Hall–Kier alpha value is -1.55. The summed E-state index contributed by atoms with van der Waals surface area (Å²) in [6.45, 7) is -0.337. The number of carboxylic acids is 1. The van der Waals surface area contributed by atoms with Crippen LogP contribution in [0.4, 0.5) is 18.0 Å². The number of carbonyl (C=O) groups is 2. The molecule has 0 aromatic heterocycles. The van der Waals surface area contributed by atoms with Gasteiger partial charge in [-0.3, -0.25) is 4.79 Å². The molecular weight excluding hydrogens is 297 g/mol. The Morgan fingerprint density at radius 2 is 2.14 bits per heavy atom. The summed E-state index contributed by atoms with van der Waals surface area (Å²) in [5.74, 6) is -1.10. The van der Waals surface area contributed by atoms with Gasteiger partial charge in [-0.25, -0.2) is 4.79 Å². The minimum atomic E-state index is -4.41. The fraction of sp³-hybridized carbons (Fsp3) is 0.818. The van der Waals surface area contributed by atoms with Crippen LogP contribution in [0, 0.1) is 5.41 Å². The Balaban J connectivity index is 2.26. The number of hydrogen-bond acceptors (Lipinski definition) is 4. The molecule has 7 nitrogen and oxygen atoms in total. The second-order valence-corrected chi connectivity index (χ2v) is 4.86. The summed E-state index contributed by atoms with van der Waals surface area (Å²) in [6.07, 6.45) is -4.41. The van der Waals surface area contributed by atoms with Crippen LogP contribution in [0.2, 0.25) is 0 Å². The van der Waals surface area contributed by atoms with Crippen molar-refractivity contribution in [1.29, 1.82) is 0 Å². The second-order valence-electron chi connectivity index (χ2n) is 4.86. The predicted octanol–water partition coefficient (Wildman–Crippen LogP) is 0.354. The van der Waals surface area contributed by atoms with Crippen molar-refractivity contribution < 1.29 is 37.3 Å². The van der Waals surface area contributed by atoms with Gasteiger partial charge in [-0.15, -0.1) is 0 Å². The minimum absolute atomic E-state index is 0.0258. The summed E-state index contributed by atoms with van der Waals surface area (Å²) in [5, 5.41) is 13.8. The van der Waals surface area contributed by atoms with Crippen molar-refractivity contribution in [2.75, 3.05) is 33.0 Å². The molecule has 1 aliphatic heterocycles. The molecule has 21 heavy (non-hydrogen) atoms. The number of ether oxygens (including phenoxy) is 2. The molecule has 0 bridgehead atoms. The van der Waals surface area contributed by atoms with E-state index in [2.05, 4.69) is 15.4 Å². The van der Waals surface area contributed by atoms with E-state index in [1.807, 2.05) is 0 Å². The fourth-order valence-electron chi connectivity index (χ4n) is 1.72. The van der Waals surface area contributed by atoms with Gasteiger partial charge in [0.15, 0.2) is 0 Å². The molecule has 10 heteroatoms. The monoisotopic (exact) mass is 314 g/mol. The van der Waals surface area contributed by atoms with Gasteiger partial charge < -0.3 is 25.2 Å². The second kappa shape index (κ2) is 6.94. The standard InChI is InChI=1S/C11H17F3N2O5/c1-10(8(17)18)5-21-4-7(10)16-9(19)15-2-3-20-6-11(12,13)14/h7H,2-6H2,1H3,(H,17,18)(H2,15,16,19). The highest BCUT2D eigenvalue weighted by Gasteiger charge is 2.47. The van der Waals surface area contributed by atoms with E-state index in [9.17, 15) is 22.8 Å². The van der Waals surface area contributed by atoms with Crippen LogP contribution in [0.3, 0.4) is 0 Å². The highest BCUT2D eigenvalue weighted by atomic mass is 19.4. The number of alkyl halides is 3. The number of carbonyl (C=O) groups excluding carboxylic acids is 1. The van der Waals surface area contributed by atoms with Crippen LogP contribution in [0.25, 0.3) is 0 Å². The molecule has 2 amide bonds. The number of hydrogen-bond donors (Lipinski definition) is 3. The third-order valence-corrected chi connectivity index (χ3v) is 3.05. The van der Waals surface area contributed by atoms with E-state index in [-0.39, 0.29) is 26.4 Å². The third kappa shape index (κ3) is 5.38. The van der Waals surface area contributed by atoms with Gasteiger partial charge >= 0.3 is 18.2 Å². The van der Waals surface area contributed by atoms with Crippen molar-refractivity contribution in [1.82, 2.24) is 10.6 Å². The van der Waals surface area contributed by atoms with Crippen LogP contribution < -0.4 is 10.6 Å². The van der Waals surface area contributed by atoms with E-state index in [4.69, 9.17) is 9.84 Å². The van der Waals surface area contributed by atoms with Gasteiger partial charge in [-0.1, -0.05) is 0 Å². The lowest BCUT2D eigenvalue weighted by Gasteiger charge is -2.25. The van der Waals surface area contributed by atoms with Crippen LogP contribution in [-0.4, -0.2) is 62.3 Å². The molecule has 0 spiro atoms. The maximum atomic E-state index is 11.8. The Bertz CT molecular complexity index is 391. The zero-order valence-corrected chi connectivity index (χ0v) is 11.3. The molecular formula is C11H17F3N2O5. The average Bonchev–Trinajstić information content (AvgIpc) is 2.70. The van der Waals surface area contributed by atoms with E-state index in [1.165, 1.54) is 6.92 Å². The van der Waals surface area contributed by atoms with E-state index in [0.29, 0.717) is 0 Å². The maximum Gasteiger partial charge on any atom is 0.411 e. The van der Waals surface area contributed by atoms with Crippen molar-refractivity contribution >= 4 is 12.0 Å². The summed E-state index contributed by atoms with van der Waals surface area (Å²) in [5.41, 5.74) is -1.23. The summed E-state index contributed by atoms with van der Waals surface area (Å²) in [6, 6.07) is -1.40. The smallest absolute Gasteiger partial charge is 0.411 e. The van der Waals surface area contributed by atoms with Crippen LogP contribution in [0.5, 0.6) is 0 Å². The van der Waals surface area contributed by atoms with E-state index in [0.717, 1.165) is 0 Å². The van der Waals surface area contributed by atoms with Gasteiger partial charge in [0.05, 0.1) is 25.9 Å². The third-order valence-electron chi connectivity index (χ3n) is 3.05. The number of nitrogens with one attached hydrogen (secondary N) is 2. The van der Waals surface area contributed by atoms with Gasteiger partial charge in [0.25, 0.3) is 0 Å². The van der Waals surface area contributed by atoms with Crippen molar-refractivity contribution in [2.45, 2.75) is 19.1 Å². The molecule has 3 N–H and O–H groups in total. The molecule has 2 atom stereocenters. The van der Waals surface area contributed by atoms with Crippen LogP contribution in [-0.2, 0) is 14.3 Å². The van der Waals surface area contributed by atoms with Crippen LogP contribution in [0.15, 0.2) is 0 Å². The molecule has 0 aromatic rings. The van der Waals surface area contributed by atoms with Gasteiger partial charge in [-0.2, -0.15) is 13.2 Å². The van der Waals surface area contributed by atoms with Gasteiger partial charge in [0.2, 0.25) is 0 Å². The summed E-state index contributed by atoms with van der Waals surface area (Å²) in [4.78, 5) is 22.7. The number of rotatable bonds is 6. The Morgan fingerprint density at radius 3 is 2.71 bits per heavy atom. The summed E-state index contributed by atoms with van der Waals surface area (Å²) < 4.78 is 44.7. The summed E-state index contributed by atoms with van der Waals surface area (Å²) in [7, 11) is 0. The normalized spacial score (nSPS) is 25.6. The lowest BCUT2D eigenvalue weighted by Crippen LogP contribution is -2.52. The molecule has 0 saturated carbocycles. The number of carboxylic acid groups (broad SMARTS) is 1. The molecule has 0 aliphatic carbocycles. The molecule has 0 radical (unpaired) electrons. The van der Waals surface area contributed by atoms with Gasteiger partial charge in [-0.05, 0) is 6.92 Å². The fourth-order valence-corrected chi connectivity index (χ4v) is 1.72. The number of halogens is 3. The van der Waals surface area contributed by atoms with Crippen LogP contribution in [0.1, 0.15) is 6.92 Å². The number of urea groups is 1. The molecule has 1 aliphatic rings. The predicted molar refractivity (Wildman–Crippen MR) is 63.8 cm³/mol. The molecule has 1 saturated heterocycles. The minimum Gasteiger partial charge on any atom is -0.481 e. The number of amides is 2. The van der Waals surface area contributed by atoms with E-state index in [1.54, 1.807) is 0 Å². The molecule has 1 heterocycles. The topological polar surface area (TPSA) is 96.9 Å². The molecule has 1 rings (SSSR count). The van der Waals surface area contributed by atoms with E-state index >= 15 is 0 Å². The van der Waals surface area contributed by atoms with E-state index < -0.39 is 36.2 Å². The van der Waals surface area contributed by atoms with Crippen molar-refractivity contribution in [3.8, 4) is 0 Å². The lowest BCUT2D eigenvalue weighted by molar-refractivity contribution is -0.173. The largest absolute Gasteiger partial charge is 0.481 e. The Labute approximate surface area is 118 Å². The lowest BCUT2D eigenvalue weighted by atomic mass is 9.85. The molecule has 2 unspecified atom stereocenters. The average molecular weight is 314 g/mol. The molecule has 122 valence electrons. The van der Waals surface area contributed by atoms with Crippen molar-refractivity contribution in [2.24, 2.45) is 5.41 Å². The number of aliphatic carboxylic acids is 1. The highest BCUT2D eigenvalue weighted by molar-refractivity contribution is 5.79. The zero-order valence-electron chi connectivity index (χ0n) is 11.3. The van der Waals surface area contributed by atoms with Crippen molar-refractivity contribution in [3.63, 3.8) is 0 Å². The maximum absolute atomic E-state index is 11.8. The van der Waals surface area contributed by atoms with Gasteiger partial charge in [0.1, 0.15) is 12.0 Å². The SMILES string of the molecule is CC1(C(=O)O)COCC1NC(=O)NCCOCC(F)(F)F. The van der Waals surface area contributed by atoms with Gasteiger partial charge in [0, 0.05) is 6.54 Å². The summed E-state index contributed by atoms with van der Waals surface area (Å²) >= 11 is 0. The molecule has 0 aromatic carbocycles. The first-order chi connectivity index (χ1) is 9.65. The first kappa shape index (κ1) is 17.5. The Morgan fingerprint density at radius 1 is 1.48 bits per heavy atom. The van der Waals surface area contributed by atoms with Crippen molar-refractivity contribution in [3.05, 3.63) is 0 Å². The molecule has 1 fully saturated rings.